The normalized spacial score (nSPS) is 18.5. The molecule has 0 spiro atoms. The second kappa shape index (κ2) is 5.38. The summed E-state index contributed by atoms with van der Waals surface area (Å²) in [6.07, 6.45) is 1.59. The molecule has 1 aliphatic heterocycles. The molecule has 5 nitrogen and oxygen atoms in total. The average molecular weight is 261 g/mol. The number of nitrogens with zero attached hydrogens (tertiary/aromatic N) is 3. The number of amides is 2. The second-order valence-corrected chi connectivity index (χ2v) is 5.05. The first kappa shape index (κ1) is 13.5. The molecule has 0 aliphatic carbocycles. The molecule has 19 heavy (non-hydrogen) atoms. The van der Waals surface area contributed by atoms with Crippen molar-refractivity contribution in [2.45, 2.75) is 25.8 Å². The maximum Gasteiger partial charge on any atom is 0.273 e. The molecule has 102 valence electrons. The van der Waals surface area contributed by atoms with Crippen LogP contribution >= 0.6 is 0 Å². The number of likely N-dealkylation sites (tertiary alicyclic amines) is 1. The van der Waals surface area contributed by atoms with Crippen molar-refractivity contribution >= 4 is 11.8 Å². The molecule has 1 atom stereocenters. The van der Waals surface area contributed by atoms with Gasteiger partial charge >= 0.3 is 0 Å². The minimum atomic E-state index is -0.343. The van der Waals surface area contributed by atoms with Crippen LogP contribution in [0, 0.1) is 6.92 Å². The van der Waals surface area contributed by atoms with E-state index in [-0.39, 0.29) is 17.9 Å². The van der Waals surface area contributed by atoms with Gasteiger partial charge in [0.25, 0.3) is 5.91 Å². The third-order valence-corrected chi connectivity index (χ3v) is 3.35. The summed E-state index contributed by atoms with van der Waals surface area (Å²) in [7, 11) is 3.43. The molecule has 2 amide bonds. The lowest BCUT2D eigenvalue weighted by Gasteiger charge is -2.26. The molecule has 0 bridgehead atoms. The van der Waals surface area contributed by atoms with E-state index >= 15 is 0 Å². The van der Waals surface area contributed by atoms with Crippen LogP contribution in [0.3, 0.4) is 0 Å². The van der Waals surface area contributed by atoms with E-state index in [1.54, 1.807) is 30.0 Å². The van der Waals surface area contributed by atoms with E-state index < -0.39 is 0 Å². The Kier molecular flexibility index (Phi) is 3.83. The van der Waals surface area contributed by atoms with Crippen LogP contribution in [-0.2, 0) is 4.79 Å². The first-order valence-electron chi connectivity index (χ1n) is 6.46. The van der Waals surface area contributed by atoms with Crippen LogP contribution in [0.4, 0.5) is 0 Å². The smallest absolute Gasteiger partial charge is 0.273 e. The fraction of sp³-hybridized carbons (Fsp3) is 0.500. The number of likely N-dealkylation sites (N-methyl/N-ethyl adjacent to an activating group) is 1. The summed E-state index contributed by atoms with van der Waals surface area (Å²) in [4.78, 5) is 31.9. The van der Waals surface area contributed by atoms with Gasteiger partial charge in [-0.05, 0) is 31.9 Å². The molecular formula is C14H19N3O2. The van der Waals surface area contributed by atoms with E-state index in [9.17, 15) is 9.59 Å². The van der Waals surface area contributed by atoms with Gasteiger partial charge in [-0.15, -0.1) is 0 Å². The third-order valence-electron chi connectivity index (χ3n) is 3.35. The largest absolute Gasteiger partial charge is 0.347 e. The summed E-state index contributed by atoms with van der Waals surface area (Å²) >= 11 is 0. The Balaban J connectivity index is 2.21. The van der Waals surface area contributed by atoms with Crippen molar-refractivity contribution in [2.24, 2.45) is 0 Å². The number of hydrogen-bond acceptors (Lipinski definition) is 3. The predicted octanol–water partition coefficient (Wildman–Crippen LogP) is 1.08. The van der Waals surface area contributed by atoms with E-state index in [0.717, 1.165) is 18.5 Å². The molecule has 1 aromatic heterocycles. The average Bonchev–Trinajstić information content (AvgIpc) is 2.85. The number of aryl methyl sites for hydroxylation is 1. The van der Waals surface area contributed by atoms with Crippen molar-refractivity contribution in [3.05, 3.63) is 29.6 Å². The first-order chi connectivity index (χ1) is 9.00. The number of aromatic nitrogens is 1. The van der Waals surface area contributed by atoms with Crippen LogP contribution in [0.15, 0.2) is 18.2 Å². The second-order valence-electron chi connectivity index (χ2n) is 5.05. The van der Waals surface area contributed by atoms with Crippen LogP contribution in [0.1, 0.15) is 29.0 Å². The molecular weight excluding hydrogens is 242 g/mol. The highest BCUT2D eigenvalue weighted by Crippen LogP contribution is 2.21. The van der Waals surface area contributed by atoms with Crippen LogP contribution in [-0.4, -0.2) is 53.3 Å². The Hall–Kier alpha value is -1.91. The lowest BCUT2D eigenvalue weighted by atomic mass is 10.2. The molecule has 0 radical (unpaired) electrons. The SMILES string of the molecule is Cc1cccc(C(=O)N2CCCC2C(=O)N(C)C)n1. The number of carbonyl (C=O) groups excluding carboxylic acids is 2. The summed E-state index contributed by atoms with van der Waals surface area (Å²) in [6, 6.07) is 5.02. The molecule has 2 rings (SSSR count). The Morgan fingerprint density at radius 3 is 2.74 bits per heavy atom. The van der Waals surface area contributed by atoms with Gasteiger partial charge in [0.05, 0.1) is 0 Å². The molecule has 1 saturated heterocycles. The van der Waals surface area contributed by atoms with Crippen LogP contribution in [0.25, 0.3) is 0 Å². The van der Waals surface area contributed by atoms with Crippen molar-refractivity contribution in [1.29, 1.82) is 0 Å². The Morgan fingerprint density at radius 2 is 2.11 bits per heavy atom. The van der Waals surface area contributed by atoms with Gasteiger partial charge in [0.15, 0.2) is 0 Å². The summed E-state index contributed by atoms with van der Waals surface area (Å²) in [5.41, 5.74) is 1.22. The standard InChI is InChI=1S/C14H19N3O2/c1-10-6-4-7-11(15-10)13(18)17-9-5-8-12(17)14(19)16(2)3/h4,6-7,12H,5,8-9H2,1-3H3. The fourth-order valence-corrected chi connectivity index (χ4v) is 2.37. The number of rotatable bonds is 2. The molecule has 1 aliphatic rings. The van der Waals surface area contributed by atoms with Crippen molar-refractivity contribution in [3.63, 3.8) is 0 Å². The Labute approximate surface area is 113 Å². The van der Waals surface area contributed by atoms with E-state index in [1.165, 1.54) is 0 Å². The van der Waals surface area contributed by atoms with E-state index in [0.29, 0.717) is 12.2 Å². The van der Waals surface area contributed by atoms with Gasteiger partial charge in [-0.25, -0.2) is 4.98 Å². The van der Waals surface area contributed by atoms with Gasteiger partial charge in [-0.3, -0.25) is 9.59 Å². The van der Waals surface area contributed by atoms with Gasteiger partial charge in [0, 0.05) is 26.3 Å². The van der Waals surface area contributed by atoms with Gasteiger partial charge in [-0.2, -0.15) is 0 Å². The molecule has 0 N–H and O–H groups in total. The zero-order valence-electron chi connectivity index (χ0n) is 11.6. The highest BCUT2D eigenvalue weighted by atomic mass is 16.2. The summed E-state index contributed by atoms with van der Waals surface area (Å²) in [6.45, 7) is 2.47. The van der Waals surface area contributed by atoms with Gasteiger partial charge in [-0.1, -0.05) is 6.07 Å². The maximum absolute atomic E-state index is 12.4. The maximum atomic E-state index is 12.4. The zero-order chi connectivity index (χ0) is 14.0. The minimum Gasteiger partial charge on any atom is -0.347 e. The van der Waals surface area contributed by atoms with Crippen molar-refractivity contribution in [2.75, 3.05) is 20.6 Å². The van der Waals surface area contributed by atoms with E-state index in [4.69, 9.17) is 0 Å². The minimum absolute atomic E-state index is 0.0153. The monoisotopic (exact) mass is 261 g/mol. The lowest BCUT2D eigenvalue weighted by molar-refractivity contribution is -0.132. The third kappa shape index (κ3) is 2.75. The molecule has 2 heterocycles. The summed E-state index contributed by atoms with van der Waals surface area (Å²) in [5, 5.41) is 0. The molecule has 5 heteroatoms. The first-order valence-corrected chi connectivity index (χ1v) is 6.46. The molecule has 0 aromatic carbocycles. The Morgan fingerprint density at radius 1 is 1.37 bits per heavy atom. The molecule has 1 fully saturated rings. The van der Waals surface area contributed by atoms with E-state index in [2.05, 4.69) is 4.98 Å². The van der Waals surface area contributed by atoms with Gasteiger partial charge in [0.2, 0.25) is 5.91 Å². The Bertz CT molecular complexity index is 499. The van der Waals surface area contributed by atoms with Crippen molar-refractivity contribution in [1.82, 2.24) is 14.8 Å². The lowest BCUT2D eigenvalue weighted by Crippen LogP contribution is -2.45. The highest BCUT2D eigenvalue weighted by Gasteiger charge is 2.35. The van der Waals surface area contributed by atoms with Crippen molar-refractivity contribution < 1.29 is 9.59 Å². The van der Waals surface area contributed by atoms with Gasteiger partial charge < -0.3 is 9.80 Å². The highest BCUT2D eigenvalue weighted by molar-refractivity contribution is 5.96. The topological polar surface area (TPSA) is 53.5 Å². The number of carbonyl (C=O) groups is 2. The number of pyridine rings is 1. The van der Waals surface area contributed by atoms with Gasteiger partial charge in [0.1, 0.15) is 11.7 Å². The zero-order valence-corrected chi connectivity index (χ0v) is 11.6. The summed E-state index contributed by atoms with van der Waals surface area (Å²) in [5.74, 6) is -0.167. The molecule has 0 saturated carbocycles. The van der Waals surface area contributed by atoms with E-state index in [1.807, 2.05) is 19.1 Å². The predicted molar refractivity (Wildman–Crippen MR) is 71.7 cm³/mol. The van der Waals surface area contributed by atoms with Crippen molar-refractivity contribution in [3.8, 4) is 0 Å². The van der Waals surface area contributed by atoms with Crippen LogP contribution in [0.2, 0.25) is 0 Å². The molecule has 1 aromatic rings. The fourth-order valence-electron chi connectivity index (χ4n) is 2.37. The van der Waals surface area contributed by atoms with Crippen LogP contribution < -0.4 is 0 Å². The quantitative estimate of drug-likeness (QED) is 0.800. The summed E-state index contributed by atoms with van der Waals surface area (Å²) < 4.78 is 0. The van der Waals surface area contributed by atoms with Crippen LogP contribution in [0.5, 0.6) is 0 Å². The number of hydrogen-bond donors (Lipinski definition) is 0. The molecule has 1 unspecified atom stereocenters.